The van der Waals surface area contributed by atoms with Crippen molar-refractivity contribution in [2.75, 3.05) is 49.4 Å². The van der Waals surface area contributed by atoms with Crippen molar-refractivity contribution in [3.8, 4) is 0 Å². The largest absolute Gasteiger partial charge is 2.00 e. The van der Waals surface area contributed by atoms with Crippen LogP contribution in [0.5, 0.6) is 0 Å². The number of carbonyl (C=O) groups excluding carboxylic acids is 4. The number of hydrogen-bond donors (Lipinski definition) is 0. The summed E-state index contributed by atoms with van der Waals surface area (Å²) in [6, 6.07) is 0. The number of ether oxygens (including phenoxy) is 4. The maximum atomic E-state index is 11.3. The van der Waals surface area contributed by atoms with Crippen molar-refractivity contribution in [1.82, 2.24) is 0 Å². The summed E-state index contributed by atoms with van der Waals surface area (Å²) in [7, 11) is 0. The summed E-state index contributed by atoms with van der Waals surface area (Å²) in [4.78, 5) is 45.0. The number of unbranched alkanes of at least 4 members (excludes halogenated alkanes) is 44. The van der Waals surface area contributed by atoms with Crippen molar-refractivity contribution < 1.29 is 38.1 Å². The minimum Gasteiger partial charge on any atom is -0.789 e. The smallest absolute Gasteiger partial charge is 0.789 e. The van der Waals surface area contributed by atoms with Crippen LogP contribution in [0.25, 0.3) is 0 Å². The van der Waals surface area contributed by atoms with Gasteiger partial charge >= 0.3 is 71.7 Å². The quantitative estimate of drug-likeness (QED) is 0.0145. The van der Waals surface area contributed by atoms with E-state index in [-0.39, 0.29) is 100 Å². The molecule has 0 aliphatic rings. The summed E-state index contributed by atoms with van der Waals surface area (Å²) >= 11 is 18.9. The Bertz CT molecular complexity index is 1350. The van der Waals surface area contributed by atoms with Crippen LogP contribution >= 0.6 is 13.5 Å². The van der Waals surface area contributed by atoms with Crippen LogP contribution in [0.1, 0.15) is 402 Å². The van der Waals surface area contributed by atoms with Crippen molar-refractivity contribution in [2.24, 2.45) is 0 Å². The Labute approximate surface area is 668 Å². The molecular formula is C82H158O8S5Sn2. The Morgan fingerprint density at radius 3 is 0.485 bits per heavy atom. The summed E-state index contributed by atoms with van der Waals surface area (Å²) < 4.78 is 19.8. The third kappa shape index (κ3) is 120. The predicted molar refractivity (Wildman–Crippen MR) is 446 cm³/mol. The third-order valence-electron chi connectivity index (χ3n) is 16.0. The van der Waals surface area contributed by atoms with E-state index in [0.29, 0.717) is 75.1 Å². The van der Waals surface area contributed by atoms with Crippen LogP contribution in [-0.2, 0) is 88.6 Å². The van der Waals surface area contributed by atoms with Gasteiger partial charge in [-0.25, -0.2) is 0 Å². The fourth-order valence-corrected chi connectivity index (χ4v) is 10.6. The molecule has 0 N–H and O–H groups in total. The SMILES string of the molecule is C.C.CCCCCCCCCC/C=C/CCCCCC(=O)OCC[S-].CCCCCCCCCC/C=C/CCCCCC(=O)OCC[S-].CCCCCCCCCC/C=C/CCCCCC(=O)OCC[S-].CCCCCCCCCC/C=C/CCCCCC(=O)OCC[S-].S.[Sn+2].[Sn+2]. The van der Waals surface area contributed by atoms with Gasteiger partial charge in [0, 0.05) is 25.7 Å². The Morgan fingerprint density at radius 2 is 0.351 bits per heavy atom. The van der Waals surface area contributed by atoms with Gasteiger partial charge in [-0.3, -0.25) is 19.2 Å². The zero-order chi connectivity index (χ0) is 68.0. The standard InChI is InChI=1S/4C20H38O2S.2CH4.H2S.2Sn/c4*1-2-3-4-5-6-7-8-9-10-11-12-13-14-15-16-17-20(21)22-18-19-23;;;;;/h4*11-12,23H,2-10,13-19H2,1H3;2*1H4;1H2;;/q;;;;;;;2*+2/p-4/b4*12-11+;;;;;. The first-order chi connectivity index (χ1) is 45.2. The zero-order valence-corrected chi connectivity index (χ0v) is 72.2. The predicted octanol–water partition coefficient (Wildman–Crippen LogP) is 25.1. The van der Waals surface area contributed by atoms with Crippen molar-refractivity contribution >= 4 is 136 Å². The molecule has 97 heavy (non-hydrogen) atoms. The summed E-state index contributed by atoms with van der Waals surface area (Å²) in [5.74, 6) is 1.59. The van der Waals surface area contributed by atoms with Crippen molar-refractivity contribution in [3.05, 3.63) is 48.6 Å². The first kappa shape index (κ1) is 116. The molecule has 572 valence electrons. The summed E-state index contributed by atoms with van der Waals surface area (Å²) in [5.41, 5.74) is 0. The first-order valence-corrected chi connectivity index (χ1v) is 41.1. The number of allylic oxidation sites excluding steroid dienone is 8. The number of hydrogen-bond acceptors (Lipinski definition) is 12. The second-order valence-corrected chi connectivity index (χ2v) is 26.7. The molecule has 0 unspecified atom stereocenters. The molecule has 0 bridgehead atoms. The molecule has 0 saturated carbocycles. The van der Waals surface area contributed by atoms with Crippen LogP contribution in [-0.4, -0.2) is 121 Å². The van der Waals surface area contributed by atoms with Gasteiger partial charge in [0.1, 0.15) is 0 Å². The van der Waals surface area contributed by atoms with E-state index in [9.17, 15) is 19.2 Å². The molecule has 0 spiro atoms. The van der Waals surface area contributed by atoms with Gasteiger partial charge in [-0.1, -0.05) is 297 Å². The minimum atomic E-state index is -0.0971. The Morgan fingerprint density at radius 1 is 0.227 bits per heavy atom. The second kappa shape index (κ2) is 112. The van der Waals surface area contributed by atoms with Gasteiger partial charge in [-0.2, -0.15) is 13.5 Å². The Hall–Kier alpha value is 0.187. The maximum Gasteiger partial charge on any atom is 2.00 e. The van der Waals surface area contributed by atoms with Crippen LogP contribution in [0.2, 0.25) is 0 Å². The van der Waals surface area contributed by atoms with Gasteiger partial charge in [-0.15, -0.1) is 23.0 Å². The first-order valence-electron chi connectivity index (χ1n) is 38.8. The molecule has 4 radical (unpaired) electrons. The van der Waals surface area contributed by atoms with Crippen LogP contribution in [0, 0.1) is 0 Å². The van der Waals surface area contributed by atoms with E-state index >= 15 is 0 Å². The van der Waals surface area contributed by atoms with Crippen LogP contribution in [0.3, 0.4) is 0 Å². The van der Waals surface area contributed by atoms with Gasteiger partial charge in [0.05, 0.1) is 26.4 Å². The molecule has 0 aromatic heterocycles. The Balaban J connectivity index is -0.000000149. The van der Waals surface area contributed by atoms with Crippen LogP contribution in [0.4, 0.5) is 0 Å². The average molecular weight is 1670 g/mol. The van der Waals surface area contributed by atoms with E-state index in [1.165, 1.54) is 257 Å². The molecule has 0 atom stereocenters. The van der Waals surface area contributed by atoms with Crippen molar-refractivity contribution in [1.29, 1.82) is 0 Å². The topological polar surface area (TPSA) is 105 Å². The van der Waals surface area contributed by atoms with Gasteiger partial charge in [0.15, 0.2) is 0 Å². The van der Waals surface area contributed by atoms with E-state index in [4.69, 9.17) is 69.5 Å². The fourth-order valence-electron chi connectivity index (χ4n) is 10.3. The van der Waals surface area contributed by atoms with E-state index in [2.05, 4.69) is 76.3 Å². The minimum absolute atomic E-state index is 0. The second-order valence-electron chi connectivity index (χ2n) is 25.0. The number of esters is 4. The van der Waals surface area contributed by atoms with E-state index in [1.807, 2.05) is 0 Å². The van der Waals surface area contributed by atoms with Gasteiger partial charge in [-0.05, 0) is 128 Å². The molecule has 8 nitrogen and oxygen atoms in total. The van der Waals surface area contributed by atoms with Crippen molar-refractivity contribution in [2.45, 2.75) is 402 Å². The molecule has 0 saturated heterocycles. The van der Waals surface area contributed by atoms with Gasteiger partial charge < -0.3 is 69.5 Å². The van der Waals surface area contributed by atoms with Gasteiger partial charge in [0.25, 0.3) is 0 Å². The van der Waals surface area contributed by atoms with Crippen LogP contribution in [0.15, 0.2) is 48.6 Å². The molecule has 0 rings (SSSR count). The van der Waals surface area contributed by atoms with E-state index in [0.717, 1.165) is 77.0 Å². The molecule has 0 amide bonds. The van der Waals surface area contributed by atoms with Gasteiger partial charge in [0.2, 0.25) is 0 Å². The summed E-state index contributed by atoms with van der Waals surface area (Å²) in [5, 5.41) is 0. The van der Waals surface area contributed by atoms with Crippen LogP contribution < -0.4 is 0 Å². The zero-order valence-electron chi connectivity index (χ0n) is 62.3. The number of carbonyl (C=O) groups is 4. The summed E-state index contributed by atoms with van der Waals surface area (Å²) in [6.07, 6.45) is 87.4. The molecule has 15 heteroatoms. The molecular weight excluding hydrogens is 1510 g/mol. The average Bonchev–Trinajstić information content (AvgIpc) is 3.68. The molecule has 0 aromatic carbocycles. The van der Waals surface area contributed by atoms with E-state index in [1.54, 1.807) is 0 Å². The molecule has 0 aliphatic heterocycles. The molecule has 0 aliphatic carbocycles. The maximum absolute atomic E-state index is 11.3. The van der Waals surface area contributed by atoms with E-state index < -0.39 is 0 Å². The monoisotopic (exact) mass is 1670 g/mol. The molecule has 0 fully saturated rings. The fraction of sp³-hybridized carbons (Fsp3) is 0.854. The Kier molecular flexibility index (Phi) is 134. The number of rotatable bonds is 68. The summed E-state index contributed by atoms with van der Waals surface area (Å²) in [6.45, 7) is 10.6. The normalized spacial score (nSPS) is 10.6. The third-order valence-corrected chi connectivity index (χ3v) is 16.6. The molecule has 0 heterocycles. The molecule has 0 aromatic rings. The van der Waals surface area contributed by atoms with Crippen molar-refractivity contribution in [3.63, 3.8) is 0 Å².